The zero-order valence-corrected chi connectivity index (χ0v) is 20.6. The van der Waals surface area contributed by atoms with E-state index in [1.807, 2.05) is 36.5 Å². The predicted octanol–water partition coefficient (Wildman–Crippen LogP) is 5.99. The summed E-state index contributed by atoms with van der Waals surface area (Å²) in [5, 5.41) is 14.0. The van der Waals surface area contributed by atoms with E-state index >= 15 is 0 Å². The Morgan fingerprint density at radius 2 is 1.59 bits per heavy atom. The number of nitrogens with zero attached hydrogens (tertiary/aromatic N) is 3. The predicted molar refractivity (Wildman–Crippen MR) is 141 cm³/mol. The molecule has 1 aliphatic rings. The molecule has 172 valence electrons. The number of pyridine rings is 1. The maximum atomic E-state index is 9.85. The molecular formula is C28H28N4OS. The maximum Gasteiger partial charge on any atom is 0.174 e. The first-order chi connectivity index (χ1) is 16.3. The summed E-state index contributed by atoms with van der Waals surface area (Å²) >= 11 is 5.84. The Kier molecular flexibility index (Phi) is 5.62. The summed E-state index contributed by atoms with van der Waals surface area (Å²) in [6.45, 7) is 8.59. The molecule has 2 aromatic heterocycles. The molecule has 5 nitrogen and oxygen atoms in total. The van der Waals surface area contributed by atoms with E-state index < -0.39 is 0 Å². The first-order valence-electron chi connectivity index (χ1n) is 11.4. The molecule has 0 saturated carbocycles. The number of phenolic OH excluding ortho intramolecular Hbond substituents is 1. The van der Waals surface area contributed by atoms with E-state index in [1.54, 1.807) is 12.1 Å². The molecule has 0 spiro atoms. The van der Waals surface area contributed by atoms with Gasteiger partial charge in [-0.25, -0.2) is 0 Å². The highest BCUT2D eigenvalue weighted by atomic mass is 32.1. The highest BCUT2D eigenvalue weighted by Crippen LogP contribution is 2.44. The van der Waals surface area contributed by atoms with E-state index in [2.05, 4.69) is 71.7 Å². The zero-order chi connectivity index (χ0) is 24.0. The Hall–Kier alpha value is -3.64. The van der Waals surface area contributed by atoms with Crippen LogP contribution in [-0.2, 0) is 0 Å². The fourth-order valence-corrected chi connectivity index (χ4v) is 5.47. The van der Waals surface area contributed by atoms with Crippen LogP contribution in [0.4, 0.5) is 5.69 Å². The average Bonchev–Trinajstić information content (AvgIpc) is 3.29. The third-order valence-corrected chi connectivity index (χ3v) is 6.79. The second kappa shape index (κ2) is 8.61. The molecule has 2 N–H and O–H groups in total. The number of aromatic hydroxyl groups is 1. The van der Waals surface area contributed by atoms with E-state index in [0.717, 1.165) is 17.1 Å². The van der Waals surface area contributed by atoms with Crippen LogP contribution in [0.2, 0.25) is 0 Å². The van der Waals surface area contributed by atoms with Gasteiger partial charge in [-0.15, -0.1) is 0 Å². The summed E-state index contributed by atoms with van der Waals surface area (Å²) in [7, 11) is 0. The molecule has 0 radical (unpaired) electrons. The zero-order valence-electron chi connectivity index (χ0n) is 19.8. The molecule has 1 aliphatic heterocycles. The van der Waals surface area contributed by atoms with Gasteiger partial charge < -0.3 is 19.9 Å². The minimum atomic E-state index is -0.115. The molecule has 0 amide bonds. The van der Waals surface area contributed by atoms with Gasteiger partial charge in [0, 0.05) is 29.0 Å². The second-order valence-corrected chi connectivity index (χ2v) is 9.41. The highest BCUT2D eigenvalue weighted by Gasteiger charge is 2.42. The van der Waals surface area contributed by atoms with Gasteiger partial charge in [0.25, 0.3) is 0 Å². The van der Waals surface area contributed by atoms with E-state index in [-0.39, 0.29) is 17.8 Å². The van der Waals surface area contributed by atoms with Crippen molar-refractivity contribution >= 4 is 23.0 Å². The molecule has 0 unspecified atom stereocenters. The summed E-state index contributed by atoms with van der Waals surface area (Å²) in [5.74, 6) is 0.229. The molecule has 2 atom stereocenters. The van der Waals surface area contributed by atoms with Gasteiger partial charge in [-0.2, -0.15) is 0 Å². The molecule has 3 heterocycles. The summed E-state index contributed by atoms with van der Waals surface area (Å²) < 4.78 is 2.32. The smallest absolute Gasteiger partial charge is 0.174 e. The first kappa shape index (κ1) is 22.2. The molecular weight excluding hydrogens is 440 g/mol. The van der Waals surface area contributed by atoms with Crippen LogP contribution < -0.4 is 10.2 Å². The van der Waals surface area contributed by atoms with Gasteiger partial charge in [0.1, 0.15) is 5.75 Å². The van der Waals surface area contributed by atoms with Crippen LogP contribution >= 0.6 is 12.2 Å². The lowest BCUT2D eigenvalue weighted by Crippen LogP contribution is -2.29. The SMILES string of the molecule is Cc1cc(C)cc(-n2c(C)cc([C@H]3[C@H](c4ccccn4)NC(=S)N3c3ccc(O)cc3)c2C)c1. The van der Waals surface area contributed by atoms with Gasteiger partial charge in [0.2, 0.25) is 0 Å². The van der Waals surface area contributed by atoms with Gasteiger partial charge in [-0.1, -0.05) is 12.1 Å². The quantitative estimate of drug-likeness (QED) is 0.361. The number of aryl methyl sites for hydroxylation is 3. The summed E-state index contributed by atoms with van der Waals surface area (Å²) in [5.41, 5.74) is 9.03. The second-order valence-electron chi connectivity index (χ2n) is 9.02. The minimum Gasteiger partial charge on any atom is -0.508 e. The van der Waals surface area contributed by atoms with Crippen LogP contribution in [0.25, 0.3) is 5.69 Å². The number of benzene rings is 2. The molecule has 34 heavy (non-hydrogen) atoms. The monoisotopic (exact) mass is 468 g/mol. The van der Waals surface area contributed by atoms with Crippen LogP contribution in [0.3, 0.4) is 0 Å². The van der Waals surface area contributed by atoms with E-state index in [4.69, 9.17) is 12.2 Å². The molecule has 0 bridgehead atoms. The Bertz CT molecular complexity index is 1340. The van der Waals surface area contributed by atoms with Crippen molar-refractivity contribution in [1.82, 2.24) is 14.9 Å². The van der Waals surface area contributed by atoms with Crippen molar-refractivity contribution < 1.29 is 5.11 Å². The lowest BCUT2D eigenvalue weighted by molar-refractivity contribution is 0.475. The fraction of sp³-hybridized carbons (Fsp3) is 0.214. The maximum absolute atomic E-state index is 9.85. The summed E-state index contributed by atoms with van der Waals surface area (Å²) in [6, 6.07) is 21.9. The minimum absolute atomic E-state index is 0.0993. The summed E-state index contributed by atoms with van der Waals surface area (Å²) in [4.78, 5) is 6.80. The lowest BCUT2D eigenvalue weighted by Gasteiger charge is -2.28. The number of anilines is 1. The summed E-state index contributed by atoms with van der Waals surface area (Å²) in [6.07, 6.45) is 1.82. The fourth-order valence-electron chi connectivity index (χ4n) is 5.13. The van der Waals surface area contributed by atoms with E-state index in [9.17, 15) is 5.11 Å². The molecule has 0 aliphatic carbocycles. The molecule has 5 rings (SSSR count). The highest BCUT2D eigenvalue weighted by molar-refractivity contribution is 7.80. The Morgan fingerprint density at radius 3 is 2.24 bits per heavy atom. The Balaban J connectivity index is 1.69. The average molecular weight is 469 g/mol. The topological polar surface area (TPSA) is 53.3 Å². The van der Waals surface area contributed by atoms with Crippen molar-refractivity contribution in [3.63, 3.8) is 0 Å². The first-order valence-corrected chi connectivity index (χ1v) is 11.8. The number of hydrogen-bond donors (Lipinski definition) is 2. The van der Waals surface area contributed by atoms with Crippen LogP contribution in [0.5, 0.6) is 5.75 Å². The third-order valence-electron chi connectivity index (χ3n) is 6.48. The molecule has 6 heteroatoms. The van der Waals surface area contributed by atoms with Gasteiger partial charge in [0.15, 0.2) is 5.11 Å². The van der Waals surface area contributed by atoms with Crippen molar-refractivity contribution in [2.45, 2.75) is 39.8 Å². The van der Waals surface area contributed by atoms with Crippen LogP contribution in [0.1, 0.15) is 45.9 Å². The van der Waals surface area contributed by atoms with Gasteiger partial charge >= 0.3 is 0 Å². The van der Waals surface area contributed by atoms with Crippen LogP contribution in [0.15, 0.2) is 72.9 Å². The lowest BCUT2D eigenvalue weighted by atomic mass is 9.96. The van der Waals surface area contributed by atoms with Crippen molar-refractivity contribution in [3.05, 3.63) is 107 Å². The van der Waals surface area contributed by atoms with Crippen molar-refractivity contribution in [1.29, 1.82) is 0 Å². The molecule has 2 aromatic carbocycles. The molecule has 1 fully saturated rings. The van der Waals surface area contributed by atoms with Gasteiger partial charge in [0.05, 0.1) is 17.8 Å². The largest absolute Gasteiger partial charge is 0.508 e. The number of rotatable bonds is 4. The standard InChI is InChI=1S/C28H28N4OS/c1-17-13-18(2)15-22(14-17)31-19(3)16-24(20(31)4)27-26(25-7-5-6-12-29-25)30-28(34)32(27)21-8-10-23(33)11-9-21/h5-16,26-27,33H,1-4H3,(H,30,34)/t26-,27-/m0/s1. The third kappa shape index (κ3) is 3.84. The number of phenols is 1. The van der Waals surface area contributed by atoms with E-state index in [0.29, 0.717) is 5.11 Å². The number of hydrogen-bond acceptors (Lipinski definition) is 3. The molecule has 1 saturated heterocycles. The van der Waals surface area contributed by atoms with Crippen molar-refractivity contribution in [2.24, 2.45) is 0 Å². The van der Waals surface area contributed by atoms with Gasteiger partial charge in [-0.05, 0) is 111 Å². The normalized spacial score (nSPS) is 17.8. The Morgan fingerprint density at radius 1 is 0.882 bits per heavy atom. The van der Waals surface area contributed by atoms with Crippen LogP contribution in [-0.4, -0.2) is 19.8 Å². The van der Waals surface area contributed by atoms with E-state index in [1.165, 1.54) is 28.1 Å². The van der Waals surface area contributed by atoms with Crippen molar-refractivity contribution in [2.75, 3.05) is 4.90 Å². The number of aromatic nitrogens is 2. The Labute approximate surface area is 205 Å². The van der Waals surface area contributed by atoms with Crippen molar-refractivity contribution in [3.8, 4) is 11.4 Å². The van der Waals surface area contributed by atoms with Gasteiger partial charge in [-0.3, -0.25) is 4.98 Å². The van der Waals surface area contributed by atoms with Crippen LogP contribution in [0, 0.1) is 27.7 Å². The number of thiocarbonyl (C=S) groups is 1. The molecule has 4 aromatic rings. The number of nitrogens with one attached hydrogen (secondary N) is 1.